The fourth-order valence-corrected chi connectivity index (χ4v) is 4.34. The molecule has 1 aromatic rings. The lowest BCUT2D eigenvalue weighted by atomic mass is 9.94. The van der Waals surface area contributed by atoms with Gasteiger partial charge in [-0.25, -0.2) is 0 Å². The van der Waals surface area contributed by atoms with Crippen molar-refractivity contribution in [3.63, 3.8) is 0 Å². The van der Waals surface area contributed by atoms with Crippen molar-refractivity contribution in [3.8, 4) is 0 Å². The highest BCUT2D eigenvalue weighted by atomic mass is 14.5. The van der Waals surface area contributed by atoms with E-state index in [1.165, 1.54) is 128 Å². The quantitative estimate of drug-likeness (QED) is 0.171. The monoisotopic (exact) mass is 401 g/mol. The summed E-state index contributed by atoms with van der Waals surface area (Å²) in [6.07, 6.45) is 27.3. The Balaban J connectivity index is 1.76. The first-order chi connectivity index (χ1) is 14.2. The van der Waals surface area contributed by atoms with Crippen LogP contribution in [0.15, 0.2) is 24.3 Å². The van der Waals surface area contributed by atoms with Gasteiger partial charge in [-0.05, 0) is 30.0 Å². The van der Waals surface area contributed by atoms with Crippen molar-refractivity contribution in [2.75, 3.05) is 5.73 Å². The molecule has 0 saturated carbocycles. The lowest BCUT2D eigenvalue weighted by Gasteiger charge is -2.12. The minimum absolute atomic E-state index is 0.664. The van der Waals surface area contributed by atoms with E-state index in [4.69, 9.17) is 5.73 Å². The highest BCUT2D eigenvalue weighted by Crippen LogP contribution is 2.23. The van der Waals surface area contributed by atoms with E-state index in [0.717, 1.165) is 5.69 Å². The highest BCUT2D eigenvalue weighted by molar-refractivity contribution is 5.40. The van der Waals surface area contributed by atoms with Gasteiger partial charge in [0.1, 0.15) is 0 Å². The van der Waals surface area contributed by atoms with E-state index < -0.39 is 0 Å². The fourth-order valence-electron chi connectivity index (χ4n) is 4.34. The molecule has 1 nitrogen and oxygen atoms in total. The third-order valence-corrected chi connectivity index (χ3v) is 6.50. The van der Waals surface area contributed by atoms with Crippen molar-refractivity contribution in [3.05, 3.63) is 29.8 Å². The van der Waals surface area contributed by atoms with Gasteiger partial charge in [0, 0.05) is 5.69 Å². The van der Waals surface area contributed by atoms with Crippen molar-refractivity contribution in [2.45, 2.75) is 142 Å². The van der Waals surface area contributed by atoms with Crippen LogP contribution in [0.5, 0.6) is 0 Å². The summed E-state index contributed by atoms with van der Waals surface area (Å²) in [5, 5.41) is 0. The maximum Gasteiger partial charge on any atom is 0.0314 e. The second-order valence-electron chi connectivity index (χ2n) is 9.37. The van der Waals surface area contributed by atoms with Gasteiger partial charge in [0.2, 0.25) is 0 Å². The molecule has 0 aromatic heterocycles. The fraction of sp³-hybridized carbons (Fsp3) is 0.786. The largest absolute Gasteiger partial charge is 0.399 e. The zero-order valence-electron chi connectivity index (χ0n) is 19.9. The summed E-state index contributed by atoms with van der Waals surface area (Å²) in [6, 6.07) is 8.44. The maximum absolute atomic E-state index is 5.77. The lowest BCUT2D eigenvalue weighted by Crippen LogP contribution is -1.94. The molecule has 1 heteroatoms. The number of benzene rings is 1. The molecule has 0 aliphatic heterocycles. The Bertz CT molecular complexity index is 450. The summed E-state index contributed by atoms with van der Waals surface area (Å²) in [5.41, 5.74) is 8.08. The average molecular weight is 402 g/mol. The molecule has 0 amide bonds. The molecular formula is C28H51N. The number of nitrogen functional groups attached to an aromatic ring is 1. The number of nitrogens with two attached hydrogens (primary N) is 1. The Kier molecular flexibility index (Phi) is 17.1. The third-order valence-electron chi connectivity index (χ3n) is 6.50. The predicted molar refractivity (Wildman–Crippen MR) is 133 cm³/mol. The van der Waals surface area contributed by atoms with E-state index >= 15 is 0 Å². The number of rotatable bonds is 20. The smallest absolute Gasteiger partial charge is 0.0314 e. The highest BCUT2D eigenvalue weighted by Gasteiger charge is 2.04. The van der Waals surface area contributed by atoms with Crippen LogP contribution < -0.4 is 5.73 Å². The van der Waals surface area contributed by atoms with E-state index in [-0.39, 0.29) is 0 Å². The van der Waals surface area contributed by atoms with Crippen molar-refractivity contribution in [1.29, 1.82) is 0 Å². The van der Waals surface area contributed by atoms with Crippen LogP contribution in [0.3, 0.4) is 0 Å². The summed E-state index contributed by atoms with van der Waals surface area (Å²) in [7, 11) is 0. The zero-order valence-corrected chi connectivity index (χ0v) is 19.9. The molecule has 29 heavy (non-hydrogen) atoms. The molecular weight excluding hydrogens is 350 g/mol. The van der Waals surface area contributed by atoms with E-state index in [0.29, 0.717) is 5.92 Å². The first-order valence-electron chi connectivity index (χ1n) is 13.1. The van der Waals surface area contributed by atoms with Crippen molar-refractivity contribution in [1.82, 2.24) is 0 Å². The summed E-state index contributed by atoms with van der Waals surface area (Å²) in [5.74, 6) is 0.664. The van der Waals surface area contributed by atoms with E-state index in [1.807, 2.05) is 12.1 Å². The van der Waals surface area contributed by atoms with Crippen LogP contribution in [-0.4, -0.2) is 0 Å². The van der Waals surface area contributed by atoms with Crippen molar-refractivity contribution in [2.24, 2.45) is 0 Å². The van der Waals surface area contributed by atoms with Gasteiger partial charge in [0.05, 0.1) is 0 Å². The van der Waals surface area contributed by atoms with Crippen LogP contribution in [0.2, 0.25) is 0 Å². The van der Waals surface area contributed by atoms with Gasteiger partial charge in [0.15, 0.2) is 0 Å². The van der Waals surface area contributed by atoms with E-state index in [1.54, 1.807) is 0 Å². The molecule has 2 N–H and O–H groups in total. The predicted octanol–water partition coefficient (Wildman–Crippen LogP) is 9.80. The average Bonchev–Trinajstić information content (AvgIpc) is 2.73. The molecule has 0 aliphatic rings. The van der Waals surface area contributed by atoms with E-state index in [2.05, 4.69) is 26.0 Å². The van der Waals surface area contributed by atoms with Gasteiger partial charge in [-0.1, -0.05) is 142 Å². The van der Waals surface area contributed by atoms with E-state index in [9.17, 15) is 0 Å². The molecule has 0 bridgehead atoms. The van der Waals surface area contributed by atoms with Crippen LogP contribution in [0.1, 0.15) is 147 Å². The Hall–Kier alpha value is -0.980. The Morgan fingerprint density at radius 3 is 1.28 bits per heavy atom. The van der Waals surface area contributed by atoms with Crippen molar-refractivity contribution < 1.29 is 0 Å². The molecule has 1 rings (SSSR count). The summed E-state index contributed by atoms with van der Waals surface area (Å²) < 4.78 is 0. The van der Waals surface area contributed by atoms with Crippen LogP contribution in [-0.2, 0) is 0 Å². The topological polar surface area (TPSA) is 26.0 Å². The molecule has 0 heterocycles. The molecule has 0 saturated heterocycles. The second kappa shape index (κ2) is 19.0. The zero-order chi connectivity index (χ0) is 21.0. The molecule has 0 spiro atoms. The van der Waals surface area contributed by atoms with Gasteiger partial charge in [0.25, 0.3) is 0 Å². The number of hydrogen-bond acceptors (Lipinski definition) is 1. The Morgan fingerprint density at radius 1 is 0.552 bits per heavy atom. The summed E-state index contributed by atoms with van der Waals surface area (Å²) in [6.45, 7) is 4.64. The third kappa shape index (κ3) is 15.5. The summed E-state index contributed by atoms with van der Waals surface area (Å²) >= 11 is 0. The van der Waals surface area contributed by atoms with Gasteiger partial charge >= 0.3 is 0 Å². The number of unbranched alkanes of at least 4 members (excludes halogenated alkanes) is 17. The van der Waals surface area contributed by atoms with Gasteiger partial charge in [-0.3, -0.25) is 0 Å². The summed E-state index contributed by atoms with van der Waals surface area (Å²) in [4.78, 5) is 0. The van der Waals surface area contributed by atoms with Crippen LogP contribution >= 0.6 is 0 Å². The van der Waals surface area contributed by atoms with Crippen molar-refractivity contribution >= 4 is 5.69 Å². The maximum atomic E-state index is 5.77. The molecule has 0 radical (unpaired) electrons. The molecule has 1 aromatic carbocycles. The first kappa shape index (κ1) is 26.1. The Labute approximate surface area is 183 Å². The standard InChI is InChI=1S/C28H51N/c1-3-4-5-6-7-8-9-10-11-12-13-14-15-16-17-18-19-20-21-26(2)27-22-24-28(29)25-23-27/h22-26H,3-21,29H2,1-2H3. The van der Waals surface area contributed by atoms with Gasteiger partial charge in [-0.2, -0.15) is 0 Å². The molecule has 0 aliphatic carbocycles. The molecule has 1 unspecified atom stereocenters. The SMILES string of the molecule is CCCCCCCCCCCCCCCCCCCCC(C)c1ccc(N)cc1. The molecule has 0 fully saturated rings. The molecule has 168 valence electrons. The minimum atomic E-state index is 0.664. The number of anilines is 1. The lowest BCUT2D eigenvalue weighted by molar-refractivity contribution is 0.518. The number of hydrogen-bond donors (Lipinski definition) is 1. The Morgan fingerprint density at radius 2 is 0.897 bits per heavy atom. The van der Waals surface area contributed by atoms with Crippen LogP contribution in [0.4, 0.5) is 5.69 Å². The second-order valence-corrected chi connectivity index (χ2v) is 9.37. The first-order valence-corrected chi connectivity index (χ1v) is 13.1. The minimum Gasteiger partial charge on any atom is -0.399 e. The molecule has 1 atom stereocenters. The normalized spacial score (nSPS) is 12.3. The van der Waals surface area contributed by atoms with Crippen LogP contribution in [0.25, 0.3) is 0 Å². The van der Waals surface area contributed by atoms with Gasteiger partial charge in [-0.15, -0.1) is 0 Å². The van der Waals surface area contributed by atoms with Crippen LogP contribution in [0, 0.1) is 0 Å². The van der Waals surface area contributed by atoms with Gasteiger partial charge < -0.3 is 5.73 Å².